The summed E-state index contributed by atoms with van der Waals surface area (Å²) in [7, 11) is 0. The van der Waals surface area contributed by atoms with Crippen molar-refractivity contribution in [3.05, 3.63) is 0 Å². The van der Waals surface area contributed by atoms with E-state index in [1.165, 1.54) is 116 Å². The molecular weight excluding hydrogens is 452 g/mol. The zero-order chi connectivity index (χ0) is 26.7. The fourth-order valence-electron chi connectivity index (χ4n) is 4.67. The molecule has 0 aliphatic carbocycles. The number of hydrogen-bond donors (Lipinski definition) is 6. The van der Waals surface area contributed by atoms with Gasteiger partial charge in [0, 0.05) is 13.1 Å². The van der Waals surface area contributed by atoms with Crippen molar-refractivity contribution < 1.29 is 20.4 Å². The van der Waals surface area contributed by atoms with E-state index < -0.39 is 24.4 Å². The van der Waals surface area contributed by atoms with Crippen LogP contribution < -0.4 is 10.6 Å². The van der Waals surface area contributed by atoms with Gasteiger partial charge in [0.25, 0.3) is 0 Å². The second kappa shape index (κ2) is 27.8. The summed E-state index contributed by atoms with van der Waals surface area (Å²) in [5.74, 6) is 0. The van der Waals surface area contributed by atoms with Crippen molar-refractivity contribution >= 4 is 0 Å². The maximum absolute atomic E-state index is 10.2. The topological polar surface area (TPSA) is 105 Å². The van der Waals surface area contributed by atoms with Gasteiger partial charge in [0.1, 0.15) is 12.2 Å². The van der Waals surface area contributed by atoms with Gasteiger partial charge in [0.15, 0.2) is 0 Å². The summed E-state index contributed by atoms with van der Waals surface area (Å²) >= 11 is 0. The molecule has 4 atom stereocenters. The van der Waals surface area contributed by atoms with Gasteiger partial charge in [-0.05, 0) is 25.9 Å². The van der Waals surface area contributed by atoms with E-state index in [4.69, 9.17) is 0 Å². The van der Waals surface area contributed by atoms with E-state index in [2.05, 4.69) is 24.5 Å². The quantitative estimate of drug-likeness (QED) is 0.0739. The van der Waals surface area contributed by atoms with E-state index in [1.807, 2.05) is 0 Å². The van der Waals surface area contributed by atoms with Crippen LogP contribution >= 0.6 is 0 Å². The molecule has 36 heavy (non-hydrogen) atoms. The van der Waals surface area contributed by atoms with Crippen molar-refractivity contribution in [2.75, 3.05) is 26.2 Å². The van der Waals surface area contributed by atoms with Crippen molar-refractivity contribution in [1.82, 2.24) is 10.6 Å². The van der Waals surface area contributed by atoms with Gasteiger partial charge in [-0.15, -0.1) is 0 Å². The van der Waals surface area contributed by atoms with Gasteiger partial charge in [0.2, 0.25) is 0 Å². The van der Waals surface area contributed by atoms with Crippen LogP contribution in [0.15, 0.2) is 0 Å². The lowest BCUT2D eigenvalue weighted by Gasteiger charge is -2.27. The molecule has 0 amide bonds. The molecule has 6 N–H and O–H groups in total. The summed E-state index contributed by atoms with van der Waals surface area (Å²) in [5, 5.41) is 47.0. The molecule has 0 aromatic carbocycles. The lowest BCUT2D eigenvalue weighted by molar-refractivity contribution is -0.102. The Morgan fingerprint density at radius 2 is 0.639 bits per heavy atom. The zero-order valence-corrected chi connectivity index (χ0v) is 24.1. The summed E-state index contributed by atoms with van der Waals surface area (Å²) in [6, 6.07) is 0. The fourth-order valence-corrected chi connectivity index (χ4v) is 4.67. The number of unbranched alkanes of at least 4 members (excludes halogenated alkanes) is 18. The monoisotopic (exact) mass is 516 g/mol. The zero-order valence-electron chi connectivity index (χ0n) is 24.1. The molecule has 218 valence electrons. The Labute approximate surface area is 224 Å². The van der Waals surface area contributed by atoms with E-state index in [-0.39, 0.29) is 13.1 Å². The van der Waals surface area contributed by atoms with Gasteiger partial charge in [-0.3, -0.25) is 0 Å². The minimum Gasteiger partial charge on any atom is -0.389 e. The first-order valence-electron chi connectivity index (χ1n) is 15.7. The average Bonchev–Trinajstić information content (AvgIpc) is 2.88. The van der Waals surface area contributed by atoms with Gasteiger partial charge in [0.05, 0.1) is 12.2 Å². The number of aliphatic hydroxyl groups excluding tert-OH is 4. The molecule has 0 unspecified atom stereocenters. The van der Waals surface area contributed by atoms with E-state index in [1.54, 1.807) is 0 Å². The third-order valence-corrected chi connectivity index (χ3v) is 7.26. The highest BCUT2D eigenvalue weighted by molar-refractivity contribution is 4.83. The Kier molecular flexibility index (Phi) is 27.6. The summed E-state index contributed by atoms with van der Waals surface area (Å²) < 4.78 is 0. The van der Waals surface area contributed by atoms with E-state index >= 15 is 0 Å². The van der Waals surface area contributed by atoms with Crippen molar-refractivity contribution in [3.63, 3.8) is 0 Å². The van der Waals surface area contributed by atoms with E-state index in [9.17, 15) is 20.4 Å². The van der Waals surface area contributed by atoms with Crippen LogP contribution in [0, 0.1) is 0 Å². The van der Waals surface area contributed by atoms with Gasteiger partial charge in [-0.25, -0.2) is 0 Å². The maximum Gasteiger partial charge on any atom is 0.110 e. The second-order valence-electron chi connectivity index (χ2n) is 10.9. The molecule has 0 aliphatic heterocycles. The molecule has 0 aromatic rings. The lowest BCUT2D eigenvalue weighted by atomic mass is 10.0. The Bertz CT molecular complexity index is 390. The highest BCUT2D eigenvalue weighted by atomic mass is 16.4. The molecule has 0 fully saturated rings. The van der Waals surface area contributed by atoms with Gasteiger partial charge in [-0.2, -0.15) is 0 Å². The molecule has 0 saturated heterocycles. The van der Waals surface area contributed by atoms with Crippen LogP contribution in [-0.2, 0) is 0 Å². The predicted molar refractivity (Wildman–Crippen MR) is 153 cm³/mol. The molecule has 0 aliphatic rings. The highest BCUT2D eigenvalue weighted by Gasteiger charge is 2.29. The Hall–Kier alpha value is -0.240. The smallest absolute Gasteiger partial charge is 0.110 e. The van der Waals surface area contributed by atoms with Gasteiger partial charge < -0.3 is 31.1 Å². The minimum atomic E-state index is -1.36. The largest absolute Gasteiger partial charge is 0.389 e. The maximum atomic E-state index is 10.2. The number of nitrogens with one attached hydrogen (secondary N) is 2. The van der Waals surface area contributed by atoms with E-state index in [0.717, 1.165) is 25.9 Å². The lowest BCUT2D eigenvalue weighted by Crippen LogP contribution is -2.50. The fraction of sp³-hybridized carbons (Fsp3) is 1.00. The second-order valence-corrected chi connectivity index (χ2v) is 10.9. The Morgan fingerprint density at radius 1 is 0.389 bits per heavy atom. The molecule has 6 nitrogen and oxygen atoms in total. The molecule has 0 rings (SSSR count). The molecule has 0 spiro atoms. The molecule has 0 aromatic heterocycles. The molecular formula is C30H64N2O4. The van der Waals surface area contributed by atoms with E-state index in [0.29, 0.717) is 0 Å². The predicted octanol–water partition coefficient (Wildman–Crippen LogP) is 5.45. The first-order valence-corrected chi connectivity index (χ1v) is 15.7. The van der Waals surface area contributed by atoms with Crippen molar-refractivity contribution in [3.8, 4) is 0 Å². The number of hydrogen-bond acceptors (Lipinski definition) is 6. The van der Waals surface area contributed by atoms with Crippen molar-refractivity contribution in [2.45, 2.75) is 167 Å². The number of rotatable bonds is 29. The molecule has 0 bridgehead atoms. The van der Waals surface area contributed by atoms with Gasteiger partial charge in [-0.1, -0.05) is 129 Å². The van der Waals surface area contributed by atoms with Crippen LogP contribution in [0.3, 0.4) is 0 Å². The van der Waals surface area contributed by atoms with Crippen molar-refractivity contribution in [1.29, 1.82) is 0 Å². The Balaban J connectivity index is 3.58. The van der Waals surface area contributed by atoms with Crippen LogP contribution in [0.5, 0.6) is 0 Å². The normalized spacial score (nSPS) is 15.2. The van der Waals surface area contributed by atoms with Crippen molar-refractivity contribution in [2.24, 2.45) is 0 Å². The highest BCUT2D eigenvalue weighted by Crippen LogP contribution is 2.11. The van der Waals surface area contributed by atoms with Crippen LogP contribution in [0.2, 0.25) is 0 Å². The standard InChI is InChI=1S/C30H64N2O4/c1-3-5-7-9-11-13-15-17-19-21-23-31-25-27(33)29(35)30(36)28(34)26-32-24-22-20-18-16-14-12-10-8-6-4-2/h27-36H,3-26H2,1-2H3/t27-,28+,29-,30-/m1/s1. The summed E-state index contributed by atoms with van der Waals surface area (Å²) in [5.41, 5.74) is 0. The molecule has 0 radical (unpaired) electrons. The minimum absolute atomic E-state index is 0.217. The van der Waals surface area contributed by atoms with Crippen LogP contribution in [0.1, 0.15) is 142 Å². The molecule has 6 heteroatoms. The first kappa shape index (κ1) is 35.8. The van der Waals surface area contributed by atoms with Crippen LogP contribution in [-0.4, -0.2) is 71.0 Å². The summed E-state index contributed by atoms with van der Waals surface area (Å²) in [6.07, 6.45) is 20.8. The molecule has 0 saturated carbocycles. The third-order valence-electron chi connectivity index (χ3n) is 7.26. The SMILES string of the molecule is CCCCCCCCCCCCNC[C@@H](O)[C@@H](O)[C@H](O)[C@@H](O)CNCCCCCCCCCCCC. The third kappa shape index (κ3) is 22.9. The Morgan fingerprint density at radius 3 is 0.917 bits per heavy atom. The molecule has 0 heterocycles. The number of aliphatic hydroxyl groups is 4. The average molecular weight is 517 g/mol. The summed E-state index contributed by atoms with van der Waals surface area (Å²) in [4.78, 5) is 0. The van der Waals surface area contributed by atoms with Crippen LogP contribution in [0.25, 0.3) is 0 Å². The van der Waals surface area contributed by atoms with Crippen LogP contribution in [0.4, 0.5) is 0 Å². The first-order chi connectivity index (χ1) is 17.5. The van der Waals surface area contributed by atoms with Gasteiger partial charge >= 0.3 is 0 Å². The summed E-state index contributed by atoms with van der Waals surface area (Å²) in [6.45, 7) is 6.51.